The number of rotatable bonds is 3. The topological polar surface area (TPSA) is 33.1 Å². The summed E-state index contributed by atoms with van der Waals surface area (Å²) in [5, 5.41) is 4.21. The molecule has 0 bridgehead atoms. The number of aryl methyl sites for hydroxylation is 2. The minimum absolute atomic E-state index is 0.0108. The van der Waals surface area contributed by atoms with E-state index >= 15 is 0 Å². The predicted molar refractivity (Wildman–Crippen MR) is 105 cm³/mol. The molecule has 126 valence electrons. The van der Waals surface area contributed by atoms with E-state index in [2.05, 4.69) is 75.5 Å². The molecule has 1 N–H and O–H groups in total. The molecule has 0 saturated carbocycles. The van der Waals surface area contributed by atoms with Gasteiger partial charge in [0.2, 0.25) is 0 Å². The highest BCUT2D eigenvalue weighted by Crippen LogP contribution is 2.41. The zero-order valence-corrected chi connectivity index (χ0v) is 15.1. The van der Waals surface area contributed by atoms with Gasteiger partial charge in [-0.1, -0.05) is 18.2 Å². The highest BCUT2D eigenvalue weighted by Gasteiger charge is 2.40. The monoisotopic (exact) mass is 348 g/mol. The van der Waals surface area contributed by atoms with Crippen molar-refractivity contribution in [2.45, 2.75) is 19.0 Å². The van der Waals surface area contributed by atoms with Crippen LogP contribution in [0.3, 0.4) is 0 Å². The van der Waals surface area contributed by atoms with Crippen LogP contribution < -0.4 is 10.2 Å². The van der Waals surface area contributed by atoms with Gasteiger partial charge in [0, 0.05) is 31.3 Å². The number of hydrogen-bond donors (Lipinski definition) is 1. The van der Waals surface area contributed by atoms with E-state index < -0.39 is 0 Å². The van der Waals surface area contributed by atoms with Gasteiger partial charge in [-0.2, -0.15) is 0 Å². The van der Waals surface area contributed by atoms with Gasteiger partial charge >= 0.3 is 0 Å². The van der Waals surface area contributed by atoms with E-state index in [0.717, 1.165) is 16.5 Å². The maximum absolute atomic E-state index is 5.71. The Kier molecular flexibility index (Phi) is 4.01. The summed E-state index contributed by atoms with van der Waals surface area (Å²) >= 11 is 5.71. The Morgan fingerprint density at radius 2 is 2.00 bits per heavy atom. The Morgan fingerprint density at radius 1 is 1.12 bits per heavy atom. The Balaban J connectivity index is 1.83. The quantitative estimate of drug-likeness (QED) is 0.728. The van der Waals surface area contributed by atoms with Crippen LogP contribution in [-0.2, 0) is 7.05 Å². The summed E-state index contributed by atoms with van der Waals surface area (Å²) < 4.78 is 2.07. The van der Waals surface area contributed by atoms with Gasteiger partial charge < -0.3 is 14.8 Å². The molecule has 0 amide bonds. The van der Waals surface area contributed by atoms with Gasteiger partial charge in [-0.3, -0.25) is 4.98 Å². The average molecular weight is 348 g/mol. The molecular formula is C20H20N4S. The van der Waals surface area contributed by atoms with Crippen molar-refractivity contribution in [2.24, 2.45) is 7.05 Å². The molecule has 0 radical (unpaired) electrons. The molecule has 0 spiro atoms. The van der Waals surface area contributed by atoms with Crippen molar-refractivity contribution in [3.05, 3.63) is 83.9 Å². The second-order valence-corrected chi connectivity index (χ2v) is 6.83. The number of benzene rings is 1. The van der Waals surface area contributed by atoms with Crippen LogP contribution in [0.2, 0.25) is 0 Å². The lowest BCUT2D eigenvalue weighted by Crippen LogP contribution is -2.29. The molecule has 4 nitrogen and oxygen atoms in total. The first-order valence-corrected chi connectivity index (χ1v) is 8.73. The fourth-order valence-corrected chi connectivity index (χ4v) is 3.80. The van der Waals surface area contributed by atoms with Gasteiger partial charge in [0.05, 0.1) is 17.8 Å². The number of anilines is 1. The third-order valence-electron chi connectivity index (χ3n) is 4.57. The van der Waals surface area contributed by atoms with E-state index in [1.807, 2.05) is 25.4 Å². The van der Waals surface area contributed by atoms with Crippen molar-refractivity contribution < 1.29 is 0 Å². The Bertz CT molecular complexity index is 903. The molecule has 2 atom stereocenters. The maximum Gasteiger partial charge on any atom is 0.174 e. The number of nitrogens with one attached hydrogen (secondary N) is 1. The van der Waals surface area contributed by atoms with E-state index in [-0.39, 0.29) is 12.1 Å². The van der Waals surface area contributed by atoms with Gasteiger partial charge in [0.25, 0.3) is 0 Å². The molecule has 3 aromatic rings. The molecule has 1 fully saturated rings. The summed E-state index contributed by atoms with van der Waals surface area (Å²) in [5.41, 5.74) is 4.53. The molecule has 1 aliphatic rings. The predicted octanol–water partition coefficient (Wildman–Crippen LogP) is 3.91. The molecule has 2 aromatic heterocycles. The molecule has 1 aromatic carbocycles. The molecule has 1 saturated heterocycles. The minimum Gasteiger partial charge on any atom is -0.357 e. The fourth-order valence-electron chi connectivity index (χ4n) is 3.45. The largest absolute Gasteiger partial charge is 0.357 e. The van der Waals surface area contributed by atoms with Gasteiger partial charge in [0.1, 0.15) is 0 Å². The summed E-state index contributed by atoms with van der Waals surface area (Å²) in [6, 6.07) is 16.7. The molecule has 3 heterocycles. The third-order valence-corrected chi connectivity index (χ3v) is 4.89. The van der Waals surface area contributed by atoms with E-state index in [4.69, 9.17) is 12.2 Å². The number of aromatic nitrogens is 2. The van der Waals surface area contributed by atoms with Crippen molar-refractivity contribution in [3.8, 4) is 0 Å². The van der Waals surface area contributed by atoms with E-state index in [9.17, 15) is 0 Å². The summed E-state index contributed by atoms with van der Waals surface area (Å²) in [7, 11) is 2.04. The Hall–Kier alpha value is -2.66. The normalized spacial score (nSPS) is 19.9. The fraction of sp³-hybridized carbons (Fsp3) is 0.200. The van der Waals surface area contributed by atoms with Crippen molar-refractivity contribution in [1.82, 2.24) is 14.9 Å². The summed E-state index contributed by atoms with van der Waals surface area (Å²) in [6.07, 6.45) is 6.05. The lowest BCUT2D eigenvalue weighted by atomic mass is 9.98. The van der Waals surface area contributed by atoms with Crippen LogP contribution in [0.25, 0.3) is 0 Å². The van der Waals surface area contributed by atoms with E-state index in [0.29, 0.717) is 0 Å². The van der Waals surface area contributed by atoms with Gasteiger partial charge in [-0.25, -0.2) is 0 Å². The van der Waals surface area contributed by atoms with Gasteiger partial charge in [-0.05, 0) is 60.6 Å². The summed E-state index contributed by atoms with van der Waals surface area (Å²) in [5.74, 6) is 0. The molecule has 0 aliphatic carbocycles. The van der Waals surface area contributed by atoms with Crippen LogP contribution >= 0.6 is 12.2 Å². The zero-order chi connectivity index (χ0) is 17.4. The smallest absolute Gasteiger partial charge is 0.174 e. The van der Waals surface area contributed by atoms with E-state index in [1.165, 1.54) is 11.1 Å². The van der Waals surface area contributed by atoms with Crippen molar-refractivity contribution in [1.29, 1.82) is 0 Å². The third kappa shape index (κ3) is 2.91. The van der Waals surface area contributed by atoms with E-state index in [1.54, 1.807) is 0 Å². The highest BCUT2D eigenvalue weighted by atomic mass is 32.1. The molecule has 1 aliphatic heterocycles. The zero-order valence-electron chi connectivity index (χ0n) is 14.3. The Labute approximate surface area is 153 Å². The van der Waals surface area contributed by atoms with Crippen LogP contribution in [0.5, 0.6) is 0 Å². The first-order valence-electron chi connectivity index (χ1n) is 8.33. The summed E-state index contributed by atoms with van der Waals surface area (Å²) in [6.45, 7) is 2.10. The average Bonchev–Trinajstić information content (AvgIpc) is 3.18. The van der Waals surface area contributed by atoms with Crippen molar-refractivity contribution >= 4 is 23.0 Å². The van der Waals surface area contributed by atoms with Crippen LogP contribution in [0.15, 0.2) is 67.1 Å². The molecular weight excluding hydrogens is 328 g/mol. The summed E-state index contributed by atoms with van der Waals surface area (Å²) in [4.78, 5) is 6.77. The first kappa shape index (κ1) is 15.8. The molecule has 5 heteroatoms. The first-order chi connectivity index (χ1) is 12.1. The van der Waals surface area contributed by atoms with Crippen LogP contribution in [0.1, 0.15) is 28.9 Å². The van der Waals surface area contributed by atoms with Crippen LogP contribution in [-0.4, -0.2) is 14.7 Å². The molecule has 25 heavy (non-hydrogen) atoms. The second-order valence-electron chi connectivity index (χ2n) is 6.45. The van der Waals surface area contributed by atoms with Crippen molar-refractivity contribution in [3.63, 3.8) is 0 Å². The molecule has 4 rings (SSSR count). The van der Waals surface area contributed by atoms with Crippen LogP contribution in [0, 0.1) is 6.92 Å². The van der Waals surface area contributed by atoms with Crippen LogP contribution in [0.4, 0.5) is 5.69 Å². The minimum atomic E-state index is 0.0108. The number of thiocarbonyl (C=S) groups is 1. The SMILES string of the molecule is Cc1cccc(N2C(=S)N[C@H](c3ccccn3)[C@@H]2c2ccn(C)c2)c1. The Morgan fingerprint density at radius 3 is 2.68 bits per heavy atom. The number of nitrogens with zero attached hydrogens (tertiary/aromatic N) is 3. The molecule has 0 unspecified atom stereocenters. The lowest BCUT2D eigenvalue weighted by molar-refractivity contribution is 0.567. The van der Waals surface area contributed by atoms with Gasteiger partial charge in [0.15, 0.2) is 5.11 Å². The number of hydrogen-bond acceptors (Lipinski definition) is 2. The second kappa shape index (κ2) is 6.33. The van der Waals surface area contributed by atoms with Gasteiger partial charge in [-0.15, -0.1) is 0 Å². The van der Waals surface area contributed by atoms with Crippen molar-refractivity contribution in [2.75, 3.05) is 4.90 Å². The lowest BCUT2D eigenvalue weighted by Gasteiger charge is -2.27. The highest BCUT2D eigenvalue weighted by molar-refractivity contribution is 7.80. The standard InChI is InChI=1S/C20H20N4S/c1-14-6-5-7-16(12-14)24-19(15-9-11-23(2)13-15)18(22-20(24)25)17-8-3-4-10-21-17/h3-13,18-19H,1-2H3,(H,22,25)/t18-,19+/m1/s1. The number of pyridine rings is 1. The maximum atomic E-state index is 5.71.